The Bertz CT molecular complexity index is 385. The normalized spacial score (nSPS) is 11.5. The zero-order valence-electron chi connectivity index (χ0n) is 8.06. The molecular formula is C10H10F3NO. The first-order chi connectivity index (χ1) is 6.88. The van der Waals surface area contributed by atoms with Gasteiger partial charge in [-0.25, -0.2) is 0 Å². The Morgan fingerprint density at radius 3 is 2.40 bits per heavy atom. The number of hydrogen-bond acceptors (Lipinski definition) is 1. The first-order valence-corrected chi connectivity index (χ1v) is 4.36. The van der Waals surface area contributed by atoms with Gasteiger partial charge in [0.05, 0.1) is 11.1 Å². The van der Waals surface area contributed by atoms with Gasteiger partial charge in [0.25, 0.3) is 0 Å². The molecule has 1 rings (SSSR count). The summed E-state index contributed by atoms with van der Waals surface area (Å²) in [5.74, 6) is -1.04. The lowest BCUT2D eigenvalue weighted by Crippen LogP contribution is -2.20. The SMILES string of the molecule is CCc1cccc(C(F)(F)F)c1C(N)=O. The lowest BCUT2D eigenvalue weighted by atomic mass is 9.98. The van der Waals surface area contributed by atoms with Crippen LogP contribution in [0.5, 0.6) is 0 Å². The van der Waals surface area contributed by atoms with Gasteiger partial charge in [-0.05, 0) is 18.1 Å². The highest BCUT2D eigenvalue weighted by Gasteiger charge is 2.35. The van der Waals surface area contributed by atoms with Crippen LogP contribution in [-0.4, -0.2) is 5.91 Å². The van der Waals surface area contributed by atoms with Crippen LogP contribution in [0.1, 0.15) is 28.4 Å². The number of alkyl halides is 3. The van der Waals surface area contributed by atoms with Gasteiger partial charge in [0.2, 0.25) is 5.91 Å². The minimum absolute atomic E-state index is 0.317. The van der Waals surface area contributed by atoms with E-state index in [0.29, 0.717) is 12.0 Å². The number of carbonyl (C=O) groups is 1. The van der Waals surface area contributed by atoms with Gasteiger partial charge in [0, 0.05) is 0 Å². The molecule has 0 saturated carbocycles. The smallest absolute Gasteiger partial charge is 0.366 e. The van der Waals surface area contributed by atoms with Crippen LogP contribution in [-0.2, 0) is 12.6 Å². The molecule has 0 saturated heterocycles. The maximum absolute atomic E-state index is 12.5. The summed E-state index contributed by atoms with van der Waals surface area (Å²) in [5, 5.41) is 0. The molecule has 1 aromatic carbocycles. The van der Waals surface area contributed by atoms with Crippen LogP contribution < -0.4 is 5.73 Å². The molecule has 5 heteroatoms. The second-order valence-electron chi connectivity index (χ2n) is 3.06. The Labute approximate surface area is 84.9 Å². The monoisotopic (exact) mass is 217 g/mol. The topological polar surface area (TPSA) is 43.1 Å². The van der Waals surface area contributed by atoms with Gasteiger partial charge < -0.3 is 5.73 Å². The summed E-state index contributed by atoms with van der Waals surface area (Å²) in [4.78, 5) is 11.0. The van der Waals surface area contributed by atoms with E-state index in [2.05, 4.69) is 0 Å². The zero-order valence-corrected chi connectivity index (χ0v) is 8.06. The minimum Gasteiger partial charge on any atom is -0.366 e. The highest BCUT2D eigenvalue weighted by molar-refractivity contribution is 5.96. The van der Waals surface area contributed by atoms with E-state index >= 15 is 0 Å². The number of nitrogens with two attached hydrogens (primary N) is 1. The molecule has 0 heterocycles. The van der Waals surface area contributed by atoms with Crippen LogP contribution in [0.25, 0.3) is 0 Å². The number of hydrogen-bond donors (Lipinski definition) is 1. The molecule has 0 unspecified atom stereocenters. The average molecular weight is 217 g/mol. The fourth-order valence-electron chi connectivity index (χ4n) is 1.42. The molecule has 0 spiro atoms. The van der Waals surface area contributed by atoms with Crippen molar-refractivity contribution in [3.05, 3.63) is 34.9 Å². The van der Waals surface area contributed by atoms with Crippen molar-refractivity contribution in [3.8, 4) is 0 Å². The molecule has 0 bridgehead atoms. The van der Waals surface area contributed by atoms with Crippen LogP contribution in [0.3, 0.4) is 0 Å². The summed E-state index contributed by atoms with van der Waals surface area (Å²) in [6.45, 7) is 1.67. The molecule has 2 N–H and O–H groups in total. The molecule has 0 aromatic heterocycles. The number of aryl methyl sites for hydroxylation is 1. The molecule has 82 valence electrons. The van der Waals surface area contributed by atoms with Gasteiger partial charge in [-0.2, -0.15) is 13.2 Å². The molecule has 2 nitrogen and oxygen atoms in total. The average Bonchev–Trinajstić information content (AvgIpc) is 2.15. The van der Waals surface area contributed by atoms with Crippen molar-refractivity contribution in [3.63, 3.8) is 0 Å². The van der Waals surface area contributed by atoms with Crippen molar-refractivity contribution in [2.24, 2.45) is 5.73 Å². The Kier molecular flexibility index (Phi) is 3.02. The number of amides is 1. The van der Waals surface area contributed by atoms with Crippen molar-refractivity contribution >= 4 is 5.91 Å². The molecule has 0 aliphatic heterocycles. The number of halogens is 3. The molecule has 0 aliphatic rings. The minimum atomic E-state index is -4.55. The predicted molar refractivity (Wildman–Crippen MR) is 49.3 cm³/mol. The van der Waals surface area contributed by atoms with Gasteiger partial charge >= 0.3 is 6.18 Å². The van der Waals surface area contributed by atoms with Gasteiger partial charge in [0.15, 0.2) is 0 Å². The Hall–Kier alpha value is -1.52. The van der Waals surface area contributed by atoms with Gasteiger partial charge in [0.1, 0.15) is 0 Å². The third-order valence-corrected chi connectivity index (χ3v) is 2.08. The highest BCUT2D eigenvalue weighted by Crippen LogP contribution is 2.33. The van der Waals surface area contributed by atoms with Crippen molar-refractivity contribution in [2.75, 3.05) is 0 Å². The zero-order chi connectivity index (χ0) is 11.6. The van der Waals surface area contributed by atoms with Crippen molar-refractivity contribution < 1.29 is 18.0 Å². The molecular weight excluding hydrogens is 207 g/mol. The molecule has 0 fully saturated rings. The fourth-order valence-corrected chi connectivity index (χ4v) is 1.42. The van der Waals surface area contributed by atoms with Crippen LogP contribution in [0.4, 0.5) is 13.2 Å². The van der Waals surface area contributed by atoms with Crippen molar-refractivity contribution in [1.29, 1.82) is 0 Å². The first kappa shape index (κ1) is 11.6. The van der Waals surface area contributed by atoms with E-state index in [9.17, 15) is 18.0 Å². The Balaban J connectivity index is 3.46. The second-order valence-corrected chi connectivity index (χ2v) is 3.06. The first-order valence-electron chi connectivity index (χ1n) is 4.36. The van der Waals surface area contributed by atoms with Crippen LogP contribution >= 0.6 is 0 Å². The van der Waals surface area contributed by atoms with Crippen LogP contribution in [0.2, 0.25) is 0 Å². The van der Waals surface area contributed by atoms with Crippen molar-refractivity contribution in [1.82, 2.24) is 0 Å². The second kappa shape index (κ2) is 3.92. The predicted octanol–water partition coefficient (Wildman–Crippen LogP) is 2.37. The standard InChI is InChI=1S/C10H10F3NO/c1-2-6-4-3-5-7(10(11,12)13)8(6)9(14)15/h3-5H,2H2,1H3,(H2,14,15). The lowest BCUT2D eigenvalue weighted by molar-refractivity contribution is -0.138. The third-order valence-electron chi connectivity index (χ3n) is 2.08. The maximum atomic E-state index is 12.5. The van der Waals surface area contributed by atoms with Gasteiger partial charge in [-0.3, -0.25) is 4.79 Å². The molecule has 1 aromatic rings. The Morgan fingerprint density at radius 1 is 1.40 bits per heavy atom. The summed E-state index contributed by atoms with van der Waals surface area (Å²) in [5.41, 5.74) is 3.88. The van der Waals surface area contributed by atoms with E-state index in [0.717, 1.165) is 6.07 Å². The summed E-state index contributed by atoms with van der Waals surface area (Å²) < 4.78 is 37.6. The molecule has 0 atom stereocenters. The number of primary amides is 1. The van der Waals surface area contributed by atoms with E-state index in [1.54, 1.807) is 6.92 Å². The van der Waals surface area contributed by atoms with E-state index in [4.69, 9.17) is 5.73 Å². The van der Waals surface area contributed by atoms with E-state index in [1.165, 1.54) is 12.1 Å². The summed E-state index contributed by atoms with van der Waals surface area (Å²) in [6, 6.07) is 3.60. The largest absolute Gasteiger partial charge is 0.417 e. The lowest BCUT2D eigenvalue weighted by Gasteiger charge is -2.13. The molecule has 1 amide bonds. The third kappa shape index (κ3) is 2.29. The van der Waals surface area contributed by atoms with E-state index in [-0.39, 0.29) is 0 Å². The van der Waals surface area contributed by atoms with E-state index < -0.39 is 23.2 Å². The Morgan fingerprint density at radius 2 is 2.00 bits per heavy atom. The molecule has 15 heavy (non-hydrogen) atoms. The van der Waals surface area contributed by atoms with E-state index in [1.807, 2.05) is 0 Å². The van der Waals surface area contributed by atoms with Crippen molar-refractivity contribution in [2.45, 2.75) is 19.5 Å². The number of carbonyl (C=O) groups excluding carboxylic acids is 1. The summed E-state index contributed by atoms with van der Waals surface area (Å²) in [6.07, 6.45) is -4.21. The molecule has 0 radical (unpaired) electrons. The van der Waals surface area contributed by atoms with Crippen LogP contribution in [0, 0.1) is 0 Å². The number of rotatable bonds is 2. The highest BCUT2D eigenvalue weighted by atomic mass is 19.4. The maximum Gasteiger partial charge on any atom is 0.417 e. The summed E-state index contributed by atoms with van der Waals surface area (Å²) >= 11 is 0. The summed E-state index contributed by atoms with van der Waals surface area (Å²) in [7, 11) is 0. The van der Waals surface area contributed by atoms with Gasteiger partial charge in [-0.15, -0.1) is 0 Å². The van der Waals surface area contributed by atoms with Gasteiger partial charge in [-0.1, -0.05) is 19.1 Å². The fraction of sp³-hybridized carbons (Fsp3) is 0.300. The molecule has 0 aliphatic carbocycles. The van der Waals surface area contributed by atoms with Crippen LogP contribution in [0.15, 0.2) is 18.2 Å². The number of benzene rings is 1. The quantitative estimate of drug-likeness (QED) is 0.811.